The highest BCUT2D eigenvalue weighted by Gasteiger charge is 2.60. The maximum atomic E-state index is 11.9. The molecule has 0 aromatic carbocycles. The molecule has 0 aromatic rings. The molecule has 2 saturated heterocycles. The van der Waals surface area contributed by atoms with Crippen LogP contribution in [0.15, 0.2) is 24.8 Å². The zero-order valence-electron chi connectivity index (χ0n) is 8.13. The molecular weight excluding hydrogens is 194 g/mol. The lowest BCUT2D eigenvalue weighted by Crippen LogP contribution is -2.34. The van der Waals surface area contributed by atoms with Crippen molar-refractivity contribution >= 4 is 11.8 Å². The van der Waals surface area contributed by atoms with Crippen LogP contribution >= 0.6 is 0 Å². The van der Waals surface area contributed by atoms with Crippen LogP contribution in [-0.4, -0.2) is 35.5 Å². The first-order chi connectivity index (χ1) is 7.24. The molecule has 4 atom stereocenters. The Kier molecular flexibility index (Phi) is 1.65. The topological polar surface area (TPSA) is 46.6 Å². The molecule has 0 spiro atoms. The van der Waals surface area contributed by atoms with Crippen LogP contribution in [-0.2, 0) is 14.3 Å². The second-order valence-corrected chi connectivity index (χ2v) is 4.08. The molecule has 3 heterocycles. The van der Waals surface area contributed by atoms with Gasteiger partial charge in [-0.3, -0.25) is 14.5 Å². The number of ether oxygens (including phenoxy) is 1. The third-order valence-electron chi connectivity index (χ3n) is 3.31. The lowest BCUT2D eigenvalue weighted by molar-refractivity contribution is -0.141. The Balaban J connectivity index is 1.96. The Hall–Kier alpha value is -1.42. The minimum Gasteiger partial charge on any atom is -0.365 e. The maximum absolute atomic E-state index is 11.9. The number of amides is 2. The SMILES string of the molecule is C=CCN1C(=O)[C@@H]2[C@H](C1=O)[C@H]1C=C[C@H]2O1. The summed E-state index contributed by atoms with van der Waals surface area (Å²) in [6.07, 6.45) is 4.97. The van der Waals surface area contributed by atoms with E-state index in [9.17, 15) is 9.59 Å². The predicted octanol–water partition coefficient (Wildman–Crippen LogP) is 0.111. The quantitative estimate of drug-likeness (QED) is 0.475. The Labute approximate surface area is 87.2 Å². The number of carbonyl (C=O) groups excluding carboxylic acids is 2. The average Bonchev–Trinajstić information content (AvgIpc) is 2.87. The fourth-order valence-corrected chi connectivity index (χ4v) is 2.67. The van der Waals surface area contributed by atoms with E-state index in [1.165, 1.54) is 4.90 Å². The first kappa shape index (κ1) is 8.85. The molecule has 2 fully saturated rings. The molecular formula is C11H11NO3. The number of likely N-dealkylation sites (tertiary alicyclic amines) is 1. The van der Waals surface area contributed by atoms with E-state index < -0.39 is 0 Å². The van der Waals surface area contributed by atoms with Crippen molar-refractivity contribution in [3.05, 3.63) is 24.8 Å². The van der Waals surface area contributed by atoms with E-state index in [0.29, 0.717) is 6.54 Å². The van der Waals surface area contributed by atoms with Crippen molar-refractivity contribution in [1.82, 2.24) is 4.90 Å². The molecule has 2 amide bonds. The van der Waals surface area contributed by atoms with Gasteiger partial charge in [0.2, 0.25) is 11.8 Å². The highest BCUT2D eigenvalue weighted by atomic mass is 16.5. The van der Waals surface area contributed by atoms with Crippen LogP contribution in [0.25, 0.3) is 0 Å². The molecule has 0 unspecified atom stereocenters. The molecule has 15 heavy (non-hydrogen) atoms. The van der Waals surface area contributed by atoms with Gasteiger partial charge in [-0.05, 0) is 0 Å². The first-order valence-corrected chi connectivity index (χ1v) is 5.04. The largest absolute Gasteiger partial charge is 0.365 e. The number of hydrogen-bond acceptors (Lipinski definition) is 3. The average molecular weight is 205 g/mol. The number of carbonyl (C=O) groups is 2. The van der Waals surface area contributed by atoms with Gasteiger partial charge in [-0.2, -0.15) is 0 Å². The van der Waals surface area contributed by atoms with Crippen molar-refractivity contribution in [1.29, 1.82) is 0 Å². The van der Waals surface area contributed by atoms with Gasteiger partial charge in [0, 0.05) is 6.54 Å². The van der Waals surface area contributed by atoms with Gasteiger partial charge >= 0.3 is 0 Å². The molecule has 78 valence electrons. The number of rotatable bonds is 2. The molecule has 0 aliphatic carbocycles. The number of hydrogen-bond donors (Lipinski definition) is 0. The van der Waals surface area contributed by atoms with Crippen molar-refractivity contribution in [2.24, 2.45) is 11.8 Å². The lowest BCUT2D eigenvalue weighted by atomic mass is 9.85. The van der Waals surface area contributed by atoms with E-state index in [2.05, 4.69) is 6.58 Å². The van der Waals surface area contributed by atoms with Crippen LogP contribution in [0.4, 0.5) is 0 Å². The Bertz CT molecular complexity index is 357. The molecule has 0 aromatic heterocycles. The summed E-state index contributed by atoms with van der Waals surface area (Å²) in [5, 5.41) is 0. The molecule has 0 saturated carbocycles. The van der Waals surface area contributed by atoms with Crippen LogP contribution in [0, 0.1) is 11.8 Å². The molecule has 4 heteroatoms. The lowest BCUT2D eigenvalue weighted by Gasteiger charge is -2.14. The van der Waals surface area contributed by atoms with Gasteiger partial charge in [-0.25, -0.2) is 0 Å². The number of imide groups is 1. The smallest absolute Gasteiger partial charge is 0.236 e. The summed E-state index contributed by atoms with van der Waals surface area (Å²) < 4.78 is 5.50. The van der Waals surface area contributed by atoms with Gasteiger partial charge in [-0.15, -0.1) is 6.58 Å². The third-order valence-corrected chi connectivity index (χ3v) is 3.31. The Morgan fingerprint density at radius 1 is 1.27 bits per heavy atom. The fourth-order valence-electron chi connectivity index (χ4n) is 2.67. The zero-order valence-corrected chi connectivity index (χ0v) is 8.13. The number of nitrogens with zero attached hydrogens (tertiary/aromatic N) is 1. The first-order valence-electron chi connectivity index (χ1n) is 5.04. The summed E-state index contributed by atoms with van der Waals surface area (Å²) in [6, 6.07) is 0. The minimum absolute atomic E-state index is 0.109. The second kappa shape index (κ2) is 2.79. The minimum atomic E-state index is -0.285. The standard InChI is InChI=1S/C11H11NO3/c1-2-5-12-10(13)8-6-3-4-7(15-6)9(8)11(12)14/h2-4,6-9H,1,5H2/t6-,7-,8-,9+/m1/s1. The van der Waals surface area contributed by atoms with Crippen molar-refractivity contribution in [3.8, 4) is 0 Å². The monoisotopic (exact) mass is 205 g/mol. The fraction of sp³-hybridized carbons (Fsp3) is 0.455. The van der Waals surface area contributed by atoms with E-state index in [4.69, 9.17) is 4.74 Å². The molecule has 3 aliphatic heterocycles. The van der Waals surface area contributed by atoms with Gasteiger partial charge in [-0.1, -0.05) is 18.2 Å². The number of fused-ring (bicyclic) bond motifs is 5. The van der Waals surface area contributed by atoms with Gasteiger partial charge < -0.3 is 4.74 Å². The zero-order chi connectivity index (χ0) is 10.6. The van der Waals surface area contributed by atoms with Crippen molar-refractivity contribution in [2.75, 3.05) is 6.54 Å². The van der Waals surface area contributed by atoms with E-state index in [1.807, 2.05) is 12.2 Å². The van der Waals surface area contributed by atoms with Crippen molar-refractivity contribution < 1.29 is 14.3 Å². The second-order valence-electron chi connectivity index (χ2n) is 4.08. The summed E-state index contributed by atoms with van der Waals surface area (Å²) in [5.74, 6) is -0.789. The van der Waals surface area contributed by atoms with Gasteiger partial charge in [0.25, 0.3) is 0 Å². The van der Waals surface area contributed by atoms with E-state index in [-0.39, 0.29) is 35.9 Å². The van der Waals surface area contributed by atoms with Crippen LogP contribution in [0.1, 0.15) is 0 Å². The molecule has 0 radical (unpaired) electrons. The summed E-state index contributed by atoms with van der Waals surface area (Å²) in [4.78, 5) is 25.1. The van der Waals surface area contributed by atoms with Crippen molar-refractivity contribution in [3.63, 3.8) is 0 Å². The van der Waals surface area contributed by atoms with Gasteiger partial charge in [0.1, 0.15) is 0 Å². The van der Waals surface area contributed by atoms with Crippen LogP contribution in [0.3, 0.4) is 0 Å². The highest BCUT2D eigenvalue weighted by molar-refractivity contribution is 6.06. The van der Waals surface area contributed by atoms with Gasteiger partial charge in [0.05, 0.1) is 24.0 Å². The van der Waals surface area contributed by atoms with Gasteiger partial charge in [0.15, 0.2) is 0 Å². The Morgan fingerprint density at radius 3 is 2.27 bits per heavy atom. The van der Waals surface area contributed by atoms with Crippen LogP contribution < -0.4 is 0 Å². The molecule has 0 N–H and O–H groups in total. The van der Waals surface area contributed by atoms with E-state index in [0.717, 1.165) is 0 Å². The van der Waals surface area contributed by atoms with E-state index >= 15 is 0 Å². The van der Waals surface area contributed by atoms with E-state index in [1.54, 1.807) is 6.08 Å². The highest BCUT2D eigenvalue weighted by Crippen LogP contribution is 2.44. The Morgan fingerprint density at radius 2 is 1.80 bits per heavy atom. The molecule has 3 rings (SSSR count). The normalized spacial score (nSPS) is 41.5. The summed E-state index contributed by atoms with van der Waals surface area (Å²) >= 11 is 0. The predicted molar refractivity (Wildman–Crippen MR) is 51.7 cm³/mol. The third kappa shape index (κ3) is 0.946. The summed E-state index contributed by atoms with van der Waals surface area (Å²) in [7, 11) is 0. The van der Waals surface area contributed by atoms with Crippen LogP contribution in [0.2, 0.25) is 0 Å². The maximum Gasteiger partial charge on any atom is 0.236 e. The summed E-state index contributed by atoms with van der Waals surface area (Å²) in [5.41, 5.74) is 0. The summed E-state index contributed by atoms with van der Waals surface area (Å²) in [6.45, 7) is 3.86. The van der Waals surface area contributed by atoms with Crippen LogP contribution in [0.5, 0.6) is 0 Å². The molecule has 4 nitrogen and oxygen atoms in total. The molecule has 3 aliphatic rings. The molecule has 2 bridgehead atoms. The van der Waals surface area contributed by atoms with Crippen molar-refractivity contribution in [2.45, 2.75) is 12.2 Å².